The van der Waals surface area contributed by atoms with E-state index in [0.29, 0.717) is 5.56 Å². The Morgan fingerprint density at radius 1 is 0.882 bits per heavy atom. The van der Waals surface area contributed by atoms with Crippen molar-refractivity contribution in [1.29, 1.82) is 5.41 Å². The average molecular weight is 726 g/mol. The number of rotatable bonds is 11. The lowest BCUT2D eigenvalue weighted by Crippen LogP contribution is -2.41. The molecule has 0 aliphatic carbocycles. The standard InChI is InChI=1S/C32H39F2N5O5.C2HF3O2/c1-16(2)39(17(3)4)26-24(33)29(43-21-11-9-10-19(14-21)27(35)36)38-30(25(26)34)44-23-13-12-20(15-22(23)31(41)42)28(40)37-18(5)32(6,7)8;3-2(4,5)1(6)7/h9-18H,1-8H3,(H3,35,36)(H,37,40)(H,41,42);(H,6,7). The maximum absolute atomic E-state index is 16.1. The van der Waals surface area contributed by atoms with Gasteiger partial charge in [0.15, 0.2) is 0 Å². The van der Waals surface area contributed by atoms with Gasteiger partial charge in [-0.15, -0.1) is 0 Å². The zero-order valence-corrected chi connectivity index (χ0v) is 29.1. The van der Waals surface area contributed by atoms with Gasteiger partial charge < -0.3 is 35.6 Å². The molecule has 0 aliphatic rings. The van der Waals surface area contributed by atoms with Crippen molar-refractivity contribution < 1.29 is 56.0 Å². The minimum Gasteiger partial charge on any atom is -0.478 e. The molecule has 1 aromatic heterocycles. The van der Waals surface area contributed by atoms with E-state index in [-0.39, 0.29) is 46.4 Å². The summed E-state index contributed by atoms with van der Waals surface area (Å²) in [6, 6.07) is 8.67. The molecule has 1 amide bonds. The van der Waals surface area contributed by atoms with Crippen molar-refractivity contribution in [2.75, 3.05) is 4.90 Å². The van der Waals surface area contributed by atoms with E-state index in [2.05, 4.69) is 10.3 Å². The first-order chi connectivity index (χ1) is 23.4. The molecule has 1 heterocycles. The summed E-state index contributed by atoms with van der Waals surface area (Å²) in [5.41, 5.74) is 4.76. The van der Waals surface area contributed by atoms with Crippen LogP contribution in [0.4, 0.5) is 27.6 Å². The van der Waals surface area contributed by atoms with E-state index in [1.54, 1.807) is 39.8 Å². The van der Waals surface area contributed by atoms with Crippen LogP contribution in [0.3, 0.4) is 0 Å². The summed E-state index contributed by atoms with van der Waals surface area (Å²) in [4.78, 5) is 39.4. The number of carbonyl (C=O) groups is 3. The third-order valence-corrected chi connectivity index (χ3v) is 7.29. The molecule has 12 nitrogen and oxygen atoms in total. The van der Waals surface area contributed by atoms with E-state index in [0.717, 1.165) is 6.07 Å². The summed E-state index contributed by atoms with van der Waals surface area (Å²) in [5, 5.41) is 27.6. The highest BCUT2D eigenvalue weighted by molar-refractivity contribution is 5.99. The summed E-state index contributed by atoms with van der Waals surface area (Å²) >= 11 is 0. The van der Waals surface area contributed by atoms with Crippen LogP contribution in [0.15, 0.2) is 42.5 Å². The van der Waals surface area contributed by atoms with E-state index < -0.39 is 58.7 Å². The fourth-order valence-electron chi connectivity index (χ4n) is 4.33. The highest BCUT2D eigenvalue weighted by Crippen LogP contribution is 2.40. The van der Waals surface area contributed by atoms with Gasteiger partial charge in [0, 0.05) is 29.3 Å². The van der Waals surface area contributed by atoms with Gasteiger partial charge in [0.25, 0.3) is 17.7 Å². The summed E-state index contributed by atoms with van der Waals surface area (Å²) in [5.74, 6) is -8.87. The number of alkyl halides is 3. The molecule has 3 aromatic rings. The lowest BCUT2D eigenvalue weighted by atomic mass is 9.88. The number of benzene rings is 2. The molecule has 0 radical (unpaired) electrons. The van der Waals surface area contributed by atoms with E-state index in [1.165, 1.54) is 29.2 Å². The van der Waals surface area contributed by atoms with Crippen molar-refractivity contribution in [3.05, 3.63) is 70.8 Å². The van der Waals surface area contributed by atoms with E-state index in [1.807, 2.05) is 27.7 Å². The number of hydrogen-bond donors (Lipinski definition) is 5. The molecule has 6 N–H and O–H groups in total. The quantitative estimate of drug-likeness (QED) is 0.0760. The van der Waals surface area contributed by atoms with Gasteiger partial charge in [0.2, 0.25) is 11.6 Å². The number of carboxylic acids is 2. The van der Waals surface area contributed by atoms with Gasteiger partial charge in [-0.25, -0.2) is 9.59 Å². The van der Waals surface area contributed by atoms with E-state index in [9.17, 15) is 27.9 Å². The Balaban J connectivity index is 0.00000116. The first-order valence-electron chi connectivity index (χ1n) is 15.3. The Bertz CT molecular complexity index is 1770. The van der Waals surface area contributed by atoms with Crippen LogP contribution in [0, 0.1) is 22.5 Å². The summed E-state index contributed by atoms with van der Waals surface area (Å²) in [6.45, 7) is 14.7. The number of anilines is 1. The Hall–Kier alpha value is -5.48. The van der Waals surface area contributed by atoms with Gasteiger partial charge in [-0.05, 0) is 70.4 Å². The van der Waals surface area contributed by atoms with Crippen LogP contribution in [0.5, 0.6) is 23.3 Å². The number of nitrogens with zero attached hydrogens (tertiary/aromatic N) is 2. The van der Waals surface area contributed by atoms with Crippen molar-refractivity contribution in [2.45, 2.75) is 79.7 Å². The molecule has 1 atom stereocenters. The number of aromatic carboxylic acids is 1. The highest BCUT2D eigenvalue weighted by Gasteiger charge is 2.38. The van der Waals surface area contributed by atoms with Gasteiger partial charge >= 0.3 is 18.1 Å². The zero-order chi connectivity index (χ0) is 39.2. The highest BCUT2D eigenvalue weighted by atomic mass is 19.4. The minimum atomic E-state index is -5.08. The summed E-state index contributed by atoms with van der Waals surface area (Å²) < 4.78 is 75.2. The number of nitrogens with two attached hydrogens (primary N) is 1. The maximum atomic E-state index is 16.1. The molecule has 51 heavy (non-hydrogen) atoms. The molecule has 2 aromatic carbocycles. The third-order valence-electron chi connectivity index (χ3n) is 7.29. The molecule has 1 unspecified atom stereocenters. The number of ether oxygens (including phenoxy) is 2. The molecule has 0 saturated carbocycles. The van der Waals surface area contributed by atoms with Crippen LogP contribution in [-0.4, -0.2) is 63.2 Å². The topological polar surface area (TPSA) is 188 Å². The second-order valence-corrected chi connectivity index (χ2v) is 12.8. The molecule has 0 spiro atoms. The number of nitrogens with one attached hydrogen (secondary N) is 2. The average Bonchev–Trinajstić information content (AvgIpc) is 3.00. The number of amides is 1. The third kappa shape index (κ3) is 11.0. The number of nitrogen functional groups attached to an aromatic ring is 1. The van der Waals surface area contributed by atoms with Gasteiger partial charge in [0.1, 0.15) is 28.6 Å². The number of aromatic nitrogens is 1. The van der Waals surface area contributed by atoms with Crippen LogP contribution in [0.2, 0.25) is 0 Å². The molecular weight excluding hydrogens is 685 g/mol. The number of amidine groups is 1. The number of aliphatic carboxylic acids is 1. The lowest BCUT2D eigenvalue weighted by molar-refractivity contribution is -0.192. The van der Waals surface area contributed by atoms with E-state index in [4.69, 9.17) is 30.5 Å². The Morgan fingerprint density at radius 2 is 1.41 bits per heavy atom. The van der Waals surface area contributed by atoms with Crippen molar-refractivity contribution in [2.24, 2.45) is 11.1 Å². The predicted molar refractivity (Wildman–Crippen MR) is 178 cm³/mol. The second kappa shape index (κ2) is 16.5. The molecule has 0 fully saturated rings. The molecule has 3 rings (SSSR count). The van der Waals surface area contributed by atoms with Crippen molar-refractivity contribution in [3.8, 4) is 23.3 Å². The normalized spacial score (nSPS) is 12.1. The first-order valence-corrected chi connectivity index (χ1v) is 15.3. The van der Waals surface area contributed by atoms with Gasteiger partial charge in [-0.2, -0.15) is 26.9 Å². The Labute approximate surface area is 290 Å². The van der Waals surface area contributed by atoms with Crippen LogP contribution in [-0.2, 0) is 4.79 Å². The van der Waals surface area contributed by atoms with Crippen LogP contribution >= 0.6 is 0 Å². The molecule has 0 saturated heterocycles. The monoisotopic (exact) mass is 725 g/mol. The number of carbonyl (C=O) groups excluding carboxylic acids is 1. The Morgan fingerprint density at radius 3 is 1.86 bits per heavy atom. The van der Waals surface area contributed by atoms with Crippen LogP contribution in [0.1, 0.15) is 81.7 Å². The van der Waals surface area contributed by atoms with Crippen molar-refractivity contribution >= 4 is 29.4 Å². The number of halogens is 5. The summed E-state index contributed by atoms with van der Waals surface area (Å²) in [7, 11) is 0. The van der Waals surface area contributed by atoms with Gasteiger partial charge in [-0.1, -0.05) is 32.9 Å². The van der Waals surface area contributed by atoms with Gasteiger partial charge in [-0.3, -0.25) is 10.2 Å². The van der Waals surface area contributed by atoms with Crippen molar-refractivity contribution in [1.82, 2.24) is 10.3 Å². The zero-order valence-electron chi connectivity index (χ0n) is 29.1. The fraction of sp³-hybridized carbons (Fsp3) is 0.382. The molecule has 0 aliphatic heterocycles. The smallest absolute Gasteiger partial charge is 0.478 e. The second-order valence-electron chi connectivity index (χ2n) is 12.8. The maximum Gasteiger partial charge on any atom is 0.490 e. The number of pyridine rings is 1. The van der Waals surface area contributed by atoms with Gasteiger partial charge in [0.05, 0.1) is 0 Å². The molecule has 0 bridgehead atoms. The first kappa shape index (κ1) is 41.7. The lowest BCUT2D eigenvalue weighted by Gasteiger charge is -2.33. The summed E-state index contributed by atoms with van der Waals surface area (Å²) in [6.07, 6.45) is -5.08. The number of hydrogen-bond acceptors (Lipinski definition) is 8. The van der Waals surface area contributed by atoms with Crippen molar-refractivity contribution in [3.63, 3.8) is 0 Å². The Kier molecular flexibility index (Phi) is 13.5. The van der Waals surface area contributed by atoms with E-state index >= 15 is 8.78 Å². The van der Waals surface area contributed by atoms with Crippen LogP contribution < -0.4 is 25.4 Å². The fourth-order valence-corrected chi connectivity index (χ4v) is 4.33. The molecule has 17 heteroatoms. The SMILES string of the molecule is CC(C)N(c1c(F)c(Oc2cccc(C(=N)N)c2)nc(Oc2ccc(C(=O)NC(C)C(C)(C)C)cc2C(=O)O)c1F)C(C)C.O=C(O)C(F)(F)F. The minimum absolute atomic E-state index is 0.0549. The predicted octanol–water partition coefficient (Wildman–Crippen LogP) is 7.35. The molecular formula is C34H40F5N5O7. The molecule has 278 valence electrons. The largest absolute Gasteiger partial charge is 0.490 e. The number of carboxylic acid groups (broad SMARTS) is 2. The van der Waals surface area contributed by atoms with Crippen LogP contribution in [0.25, 0.3) is 0 Å².